The number of methoxy groups -OCH3 is 1. The van der Waals surface area contributed by atoms with Crippen LogP contribution < -0.4 is 10.1 Å². The monoisotopic (exact) mass is 289 g/mol. The highest BCUT2D eigenvalue weighted by Crippen LogP contribution is 2.31. The summed E-state index contributed by atoms with van der Waals surface area (Å²) in [6.45, 7) is 4.34. The standard InChI is InChI=1S/C16H20FN3O/c1-9-4-11(5-10(2)18-9)15-8-13-14(17)6-12(21-3)7-16(13)20-19-15/h6-11,18H,4-5H2,1-3H3/t9-,10+,11?. The van der Waals surface area contributed by atoms with Crippen LogP contribution in [0.15, 0.2) is 18.2 Å². The zero-order valence-electron chi connectivity index (χ0n) is 12.6. The van der Waals surface area contributed by atoms with E-state index in [9.17, 15) is 4.39 Å². The summed E-state index contributed by atoms with van der Waals surface area (Å²) in [6.07, 6.45) is 2.00. The van der Waals surface area contributed by atoms with Crippen LogP contribution in [0.4, 0.5) is 4.39 Å². The van der Waals surface area contributed by atoms with Gasteiger partial charge < -0.3 is 10.1 Å². The molecule has 0 bridgehead atoms. The van der Waals surface area contributed by atoms with E-state index in [4.69, 9.17) is 4.74 Å². The fourth-order valence-electron chi connectivity index (χ4n) is 3.22. The van der Waals surface area contributed by atoms with Crippen LogP contribution in [0.2, 0.25) is 0 Å². The van der Waals surface area contributed by atoms with Gasteiger partial charge in [0.05, 0.1) is 18.3 Å². The maximum Gasteiger partial charge on any atom is 0.136 e. The zero-order valence-corrected chi connectivity index (χ0v) is 12.6. The van der Waals surface area contributed by atoms with Crippen LogP contribution >= 0.6 is 0 Å². The van der Waals surface area contributed by atoms with Gasteiger partial charge in [0.1, 0.15) is 11.6 Å². The van der Waals surface area contributed by atoms with E-state index in [2.05, 4.69) is 29.4 Å². The molecule has 112 valence electrons. The van der Waals surface area contributed by atoms with Crippen LogP contribution in [0.1, 0.15) is 38.3 Å². The highest BCUT2D eigenvalue weighted by Gasteiger charge is 2.26. The second-order valence-electron chi connectivity index (χ2n) is 5.95. The molecule has 1 unspecified atom stereocenters. The van der Waals surface area contributed by atoms with E-state index in [1.165, 1.54) is 13.2 Å². The van der Waals surface area contributed by atoms with Gasteiger partial charge in [-0.3, -0.25) is 0 Å². The quantitative estimate of drug-likeness (QED) is 0.923. The van der Waals surface area contributed by atoms with Gasteiger partial charge in [-0.15, -0.1) is 0 Å². The fourth-order valence-corrected chi connectivity index (χ4v) is 3.22. The van der Waals surface area contributed by atoms with Crippen LogP contribution in [0.3, 0.4) is 0 Å². The SMILES string of the molecule is COc1cc(F)c2cc(C3C[C@@H](C)N[C@@H](C)C3)nnc2c1. The maximum absolute atomic E-state index is 14.2. The second-order valence-corrected chi connectivity index (χ2v) is 5.95. The van der Waals surface area contributed by atoms with E-state index >= 15 is 0 Å². The third-order valence-corrected chi connectivity index (χ3v) is 4.15. The van der Waals surface area contributed by atoms with Gasteiger partial charge in [-0.05, 0) is 32.8 Å². The van der Waals surface area contributed by atoms with Gasteiger partial charge in [0.25, 0.3) is 0 Å². The first-order valence-corrected chi connectivity index (χ1v) is 7.33. The summed E-state index contributed by atoms with van der Waals surface area (Å²) in [7, 11) is 1.51. The minimum atomic E-state index is -0.310. The number of hydrogen-bond acceptors (Lipinski definition) is 4. The van der Waals surface area contributed by atoms with Gasteiger partial charge in [-0.1, -0.05) is 0 Å². The number of halogens is 1. The van der Waals surface area contributed by atoms with Gasteiger partial charge >= 0.3 is 0 Å². The molecule has 1 aliphatic rings. The molecule has 1 fully saturated rings. The van der Waals surface area contributed by atoms with Crippen molar-refractivity contribution in [2.75, 3.05) is 7.11 Å². The van der Waals surface area contributed by atoms with Crippen LogP contribution in [0, 0.1) is 5.82 Å². The van der Waals surface area contributed by atoms with Crippen LogP contribution in [-0.4, -0.2) is 29.4 Å². The number of fused-ring (bicyclic) bond motifs is 1. The van der Waals surface area contributed by atoms with Crippen molar-refractivity contribution < 1.29 is 9.13 Å². The Morgan fingerprint density at radius 3 is 2.52 bits per heavy atom. The Morgan fingerprint density at radius 2 is 1.86 bits per heavy atom. The Morgan fingerprint density at radius 1 is 1.14 bits per heavy atom. The number of aromatic nitrogens is 2. The largest absolute Gasteiger partial charge is 0.497 e. The fraction of sp³-hybridized carbons (Fsp3) is 0.500. The van der Waals surface area contributed by atoms with Crippen LogP contribution in [-0.2, 0) is 0 Å². The van der Waals surface area contributed by atoms with Crippen molar-refractivity contribution in [1.29, 1.82) is 0 Å². The van der Waals surface area contributed by atoms with Crippen molar-refractivity contribution >= 4 is 10.9 Å². The highest BCUT2D eigenvalue weighted by molar-refractivity contribution is 5.80. The zero-order chi connectivity index (χ0) is 15.0. The van der Waals surface area contributed by atoms with Crippen molar-refractivity contribution in [2.45, 2.75) is 44.7 Å². The van der Waals surface area contributed by atoms with Crippen molar-refractivity contribution in [3.05, 3.63) is 29.7 Å². The molecule has 0 saturated carbocycles. The minimum Gasteiger partial charge on any atom is -0.497 e. The Bertz CT molecular complexity index is 651. The van der Waals surface area contributed by atoms with Gasteiger partial charge in [0.15, 0.2) is 0 Å². The molecular formula is C16H20FN3O. The van der Waals surface area contributed by atoms with Crippen molar-refractivity contribution in [1.82, 2.24) is 15.5 Å². The summed E-state index contributed by atoms with van der Waals surface area (Å²) in [5.41, 5.74) is 1.41. The molecular weight excluding hydrogens is 269 g/mol. The van der Waals surface area contributed by atoms with E-state index in [0.717, 1.165) is 18.5 Å². The number of ether oxygens (including phenoxy) is 1. The first kappa shape index (κ1) is 14.2. The van der Waals surface area contributed by atoms with Gasteiger partial charge in [0, 0.05) is 35.5 Å². The molecule has 0 aliphatic carbocycles. The Kier molecular flexibility index (Phi) is 3.76. The number of piperidine rings is 1. The number of nitrogens with zero attached hydrogens (tertiary/aromatic N) is 2. The Balaban J connectivity index is 1.99. The van der Waals surface area contributed by atoms with E-state index in [0.29, 0.717) is 34.7 Å². The molecule has 4 nitrogen and oxygen atoms in total. The summed E-state index contributed by atoms with van der Waals surface area (Å²) in [5.74, 6) is 0.483. The van der Waals surface area contributed by atoms with Gasteiger partial charge in [0.2, 0.25) is 0 Å². The average molecular weight is 289 g/mol. The van der Waals surface area contributed by atoms with E-state index in [-0.39, 0.29) is 5.82 Å². The van der Waals surface area contributed by atoms with E-state index < -0.39 is 0 Å². The van der Waals surface area contributed by atoms with Gasteiger partial charge in [-0.25, -0.2) is 4.39 Å². The molecule has 2 aromatic rings. The lowest BCUT2D eigenvalue weighted by Crippen LogP contribution is -2.41. The molecule has 1 N–H and O–H groups in total. The third-order valence-electron chi connectivity index (χ3n) is 4.15. The molecule has 1 aliphatic heterocycles. The first-order valence-electron chi connectivity index (χ1n) is 7.33. The molecule has 2 heterocycles. The smallest absolute Gasteiger partial charge is 0.136 e. The predicted molar refractivity (Wildman–Crippen MR) is 80.1 cm³/mol. The Hall–Kier alpha value is -1.75. The highest BCUT2D eigenvalue weighted by atomic mass is 19.1. The molecule has 1 aromatic carbocycles. The predicted octanol–water partition coefficient (Wildman–Crippen LogP) is 3.02. The van der Waals surface area contributed by atoms with Crippen LogP contribution in [0.25, 0.3) is 10.9 Å². The summed E-state index contributed by atoms with van der Waals surface area (Å²) >= 11 is 0. The maximum atomic E-state index is 14.2. The molecule has 1 aromatic heterocycles. The number of benzene rings is 1. The normalized spacial score (nSPS) is 26.0. The van der Waals surface area contributed by atoms with Crippen molar-refractivity contribution in [3.63, 3.8) is 0 Å². The Labute approximate surface area is 123 Å². The molecule has 0 amide bonds. The lowest BCUT2D eigenvalue weighted by atomic mass is 9.86. The number of hydrogen-bond donors (Lipinski definition) is 1. The number of rotatable bonds is 2. The topological polar surface area (TPSA) is 47.0 Å². The second kappa shape index (κ2) is 5.56. The van der Waals surface area contributed by atoms with Gasteiger partial charge in [-0.2, -0.15) is 10.2 Å². The average Bonchev–Trinajstić information content (AvgIpc) is 2.45. The van der Waals surface area contributed by atoms with Crippen molar-refractivity contribution in [2.24, 2.45) is 0 Å². The number of nitrogens with one attached hydrogen (secondary N) is 1. The summed E-state index contributed by atoms with van der Waals surface area (Å²) in [4.78, 5) is 0. The lowest BCUT2D eigenvalue weighted by Gasteiger charge is -2.32. The van der Waals surface area contributed by atoms with E-state index in [1.54, 1.807) is 6.07 Å². The molecule has 5 heteroatoms. The summed E-state index contributed by atoms with van der Waals surface area (Å²) in [5, 5.41) is 12.5. The van der Waals surface area contributed by atoms with Crippen molar-refractivity contribution in [3.8, 4) is 5.75 Å². The molecule has 21 heavy (non-hydrogen) atoms. The van der Waals surface area contributed by atoms with Crippen LogP contribution in [0.5, 0.6) is 5.75 Å². The molecule has 1 saturated heterocycles. The van der Waals surface area contributed by atoms with E-state index in [1.807, 2.05) is 6.07 Å². The molecule has 0 radical (unpaired) electrons. The molecule has 3 atom stereocenters. The summed E-state index contributed by atoms with van der Waals surface area (Å²) < 4.78 is 19.2. The third kappa shape index (κ3) is 2.83. The minimum absolute atomic E-state index is 0.310. The molecule has 0 spiro atoms. The lowest BCUT2D eigenvalue weighted by molar-refractivity contribution is 0.312. The summed E-state index contributed by atoms with van der Waals surface area (Å²) in [6, 6.07) is 5.82. The first-order chi connectivity index (χ1) is 10.1. The molecule has 3 rings (SSSR count).